The van der Waals surface area contributed by atoms with Crippen molar-refractivity contribution in [1.82, 2.24) is 14.5 Å². The van der Waals surface area contributed by atoms with Gasteiger partial charge < -0.3 is 10.2 Å². The maximum Gasteiger partial charge on any atom is 0.243 e. The lowest BCUT2D eigenvalue weighted by Crippen LogP contribution is -2.51. The Balaban J connectivity index is 1.68. The highest BCUT2D eigenvalue weighted by Gasteiger charge is 2.30. The molecule has 0 spiro atoms. The lowest BCUT2D eigenvalue weighted by Gasteiger charge is -2.32. The minimum atomic E-state index is -3.63. The zero-order chi connectivity index (χ0) is 26.1. The monoisotopic (exact) mass is 533 g/mol. The molecule has 0 radical (unpaired) electrons. The maximum atomic E-state index is 13.4. The number of benzene rings is 2. The molecule has 2 amide bonds. The minimum Gasteiger partial charge on any atom is -0.352 e. The van der Waals surface area contributed by atoms with Gasteiger partial charge in [0.05, 0.1) is 4.90 Å². The number of carbonyl (C=O) groups excluding carboxylic acids is 2. The number of carbonyl (C=O) groups is 2. The van der Waals surface area contributed by atoms with Crippen LogP contribution in [0.25, 0.3) is 0 Å². The Morgan fingerprint density at radius 1 is 1.06 bits per heavy atom. The van der Waals surface area contributed by atoms with E-state index in [4.69, 9.17) is 11.6 Å². The second kappa shape index (κ2) is 13.2. The van der Waals surface area contributed by atoms with Crippen molar-refractivity contribution in [1.29, 1.82) is 0 Å². The SMILES string of the molecule is CC[C@H](C(=O)NC1CCCC1)N(Cc1ccc(Cl)cc1)C(=O)CCCN(C)S(=O)(=O)c1ccccc1. The quantitative estimate of drug-likeness (QED) is 0.432. The van der Waals surface area contributed by atoms with Crippen LogP contribution in [-0.4, -0.2) is 55.1 Å². The lowest BCUT2D eigenvalue weighted by molar-refractivity contribution is -0.141. The van der Waals surface area contributed by atoms with E-state index in [1.54, 1.807) is 47.4 Å². The molecule has 9 heteroatoms. The lowest BCUT2D eigenvalue weighted by atomic mass is 10.1. The first kappa shape index (κ1) is 28.2. The third-order valence-corrected chi connectivity index (χ3v) is 8.79. The molecule has 1 atom stereocenters. The van der Waals surface area contributed by atoms with Crippen LogP contribution >= 0.6 is 11.6 Å². The number of hydrogen-bond acceptors (Lipinski definition) is 4. The summed E-state index contributed by atoms with van der Waals surface area (Å²) in [5.74, 6) is -0.306. The van der Waals surface area contributed by atoms with E-state index < -0.39 is 16.1 Å². The van der Waals surface area contributed by atoms with Gasteiger partial charge in [0.1, 0.15) is 6.04 Å². The Bertz CT molecular complexity index is 1100. The van der Waals surface area contributed by atoms with E-state index in [1.165, 1.54) is 11.4 Å². The fourth-order valence-corrected chi connectivity index (χ4v) is 5.92. The van der Waals surface area contributed by atoms with Gasteiger partial charge in [0.15, 0.2) is 0 Å². The summed E-state index contributed by atoms with van der Waals surface area (Å²) in [6.45, 7) is 2.38. The molecule has 2 aromatic rings. The van der Waals surface area contributed by atoms with Gasteiger partial charge in [0.2, 0.25) is 21.8 Å². The molecule has 0 aromatic heterocycles. The van der Waals surface area contributed by atoms with Gasteiger partial charge in [0.25, 0.3) is 0 Å². The predicted molar refractivity (Wildman–Crippen MR) is 142 cm³/mol. The number of nitrogens with one attached hydrogen (secondary N) is 1. The van der Waals surface area contributed by atoms with Crippen molar-refractivity contribution in [3.63, 3.8) is 0 Å². The van der Waals surface area contributed by atoms with Crippen LogP contribution in [-0.2, 0) is 26.2 Å². The van der Waals surface area contributed by atoms with Crippen LogP contribution in [0.2, 0.25) is 5.02 Å². The number of amides is 2. The molecular weight excluding hydrogens is 498 g/mol. The van der Waals surface area contributed by atoms with Crippen molar-refractivity contribution in [3.8, 4) is 0 Å². The van der Waals surface area contributed by atoms with Crippen molar-refractivity contribution in [2.24, 2.45) is 0 Å². The second-order valence-corrected chi connectivity index (χ2v) is 11.8. The van der Waals surface area contributed by atoms with Crippen molar-refractivity contribution in [3.05, 3.63) is 65.2 Å². The normalized spacial score (nSPS) is 15.1. The van der Waals surface area contributed by atoms with Gasteiger partial charge in [0, 0.05) is 37.6 Å². The summed E-state index contributed by atoms with van der Waals surface area (Å²) >= 11 is 6.03. The highest BCUT2D eigenvalue weighted by atomic mass is 35.5. The Morgan fingerprint density at radius 3 is 2.31 bits per heavy atom. The Labute approximate surface area is 219 Å². The highest BCUT2D eigenvalue weighted by molar-refractivity contribution is 7.89. The molecule has 0 aliphatic heterocycles. The first-order valence-corrected chi connectivity index (χ1v) is 14.4. The van der Waals surface area contributed by atoms with Crippen LogP contribution in [0.1, 0.15) is 57.4 Å². The average Bonchev–Trinajstić information content (AvgIpc) is 3.38. The summed E-state index contributed by atoms with van der Waals surface area (Å²) in [7, 11) is -2.11. The molecule has 0 bridgehead atoms. The van der Waals surface area contributed by atoms with Crippen LogP contribution in [0.3, 0.4) is 0 Å². The van der Waals surface area contributed by atoms with Crippen molar-refractivity contribution in [2.75, 3.05) is 13.6 Å². The number of halogens is 1. The van der Waals surface area contributed by atoms with Gasteiger partial charge in [-0.15, -0.1) is 0 Å². The zero-order valence-corrected chi connectivity index (χ0v) is 22.6. The standard InChI is InChI=1S/C27H36ClN3O4S/c1-3-25(27(33)29-23-10-7-8-11-23)31(20-21-15-17-22(28)18-16-21)26(32)14-9-19-30(2)36(34,35)24-12-5-4-6-13-24/h4-6,12-13,15-18,23,25H,3,7-11,14,19-20H2,1-2H3,(H,29,33)/t25-/m1/s1. The molecule has 1 aliphatic carbocycles. The fourth-order valence-electron chi connectivity index (χ4n) is 4.56. The molecule has 2 aromatic carbocycles. The van der Waals surface area contributed by atoms with E-state index in [2.05, 4.69) is 5.32 Å². The molecule has 1 aliphatic rings. The molecule has 1 fully saturated rings. The van der Waals surface area contributed by atoms with Crippen LogP contribution in [0.15, 0.2) is 59.5 Å². The zero-order valence-electron chi connectivity index (χ0n) is 21.0. The highest BCUT2D eigenvalue weighted by Crippen LogP contribution is 2.21. The first-order valence-electron chi connectivity index (χ1n) is 12.6. The minimum absolute atomic E-state index is 0.129. The number of rotatable bonds is 12. The molecule has 0 heterocycles. The summed E-state index contributed by atoms with van der Waals surface area (Å²) < 4.78 is 26.8. The Morgan fingerprint density at radius 2 is 1.69 bits per heavy atom. The molecule has 1 N–H and O–H groups in total. The van der Waals surface area contributed by atoms with Crippen LogP contribution < -0.4 is 5.32 Å². The molecule has 1 saturated carbocycles. The van der Waals surface area contributed by atoms with Crippen molar-refractivity contribution < 1.29 is 18.0 Å². The molecule has 7 nitrogen and oxygen atoms in total. The van der Waals surface area contributed by atoms with E-state index in [1.807, 2.05) is 19.1 Å². The third-order valence-electron chi connectivity index (χ3n) is 6.67. The Hall–Kier alpha value is -2.42. The largest absolute Gasteiger partial charge is 0.352 e. The first-order chi connectivity index (χ1) is 17.2. The van der Waals surface area contributed by atoms with E-state index >= 15 is 0 Å². The fraction of sp³-hybridized carbons (Fsp3) is 0.481. The van der Waals surface area contributed by atoms with Crippen LogP contribution in [0.4, 0.5) is 0 Å². The summed E-state index contributed by atoms with van der Waals surface area (Å²) in [4.78, 5) is 28.4. The number of sulfonamides is 1. The Kier molecular flexibility index (Phi) is 10.3. The van der Waals surface area contributed by atoms with Crippen molar-refractivity contribution in [2.45, 2.75) is 75.4 Å². The molecule has 3 rings (SSSR count). The molecule has 0 saturated heterocycles. The van der Waals surface area contributed by atoms with E-state index in [0.717, 1.165) is 31.2 Å². The summed E-state index contributed by atoms with van der Waals surface area (Å²) in [5.41, 5.74) is 0.878. The maximum absolute atomic E-state index is 13.4. The summed E-state index contributed by atoms with van der Waals surface area (Å²) in [6, 6.07) is 15.0. The van der Waals surface area contributed by atoms with Crippen molar-refractivity contribution >= 4 is 33.4 Å². The van der Waals surface area contributed by atoms with Gasteiger partial charge in [-0.1, -0.05) is 61.7 Å². The molecule has 196 valence electrons. The number of nitrogens with zero attached hydrogens (tertiary/aromatic N) is 2. The van der Waals surface area contributed by atoms with E-state index in [0.29, 0.717) is 17.9 Å². The summed E-state index contributed by atoms with van der Waals surface area (Å²) in [6.07, 6.45) is 5.11. The van der Waals surface area contributed by atoms with Crippen LogP contribution in [0.5, 0.6) is 0 Å². The van der Waals surface area contributed by atoms with Gasteiger partial charge in [-0.25, -0.2) is 12.7 Å². The number of hydrogen-bond donors (Lipinski definition) is 1. The van der Waals surface area contributed by atoms with Gasteiger partial charge in [-0.2, -0.15) is 0 Å². The smallest absolute Gasteiger partial charge is 0.243 e. The van der Waals surface area contributed by atoms with Crippen LogP contribution in [0, 0.1) is 0 Å². The van der Waals surface area contributed by atoms with E-state index in [9.17, 15) is 18.0 Å². The molecular formula is C27H36ClN3O4S. The molecule has 0 unspecified atom stereocenters. The summed E-state index contributed by atoms with van der Waals surface area (Å²) in [5, 5.41) is 3.73. The topological polar surface area (TPSA) is 86.8 Å². The molecule has 36 heavy (non-hydrogen) atoms. The van der Waals surface area contributed by atoms with Gasteiger partial charge in [-0.05, 0) is 55.5 Å². The second-order valence-electron chi connectivity index (χ2n) is 9.31. The van der Waals surface area contributed by atoms with E-state index in [-0.39, 0.29) is 42.3 Å². The third kappa shape index (κ3) is 7.54. The van der Waals surface area contributed by atoms with Gasteiger partial charge >= 0.3 is 0 Å². The predicted octanol–water partition coefficient (Wildman–Crippen LogP) is 4.61. The average molecular weight is 534 g/mol. The van der Waals surface area contributed by atoms with Gasteiger partial charge in [-0.3, -0.25) is 9.59 Å².